The van der Waals surface area contributed by atoms with Crippen LogP contribution < -0.4 is 10.2 Å². The molecular formula is C28H30FN7O3. The fourth-order valence-corrected chi connectivity index (χ4v) is 5.28. The minimum Gasteiger partial charge on any atom is -0.444 e. The summed E-state index contributed by atoms with van der Waals surface area (Å²) >= 11 is 0. The maximum atomic E-state index is 14.6. The van der Waals surface area contributed by atoms with Crippen molar-refractivity contribution in [3.05, 3.63) is 60.1 Å². The first-order valence-electron chi connectivity index (χ1n) is 13.0. The number of nitrogens with one attached hydrogen (secondary N) is 1. The second kappa shape index (κ2) is 8.89. The number of fused-ring (bicyclic) bond motifs is 2. The molecule has 1 aliphatic heterocycles. The summed E-state index contributed by atoms with van der Waals surface area (Å²) in [6.45, 7) is 9.17. The van der Waals surface area contributed by atoms with E-state index in [9.17, 15) is 14.0 Å². The number of hydrogen-bond acceptors (Lipinski definition) is 7. The Labute approximate surface area is 224 Å². The first kappa shape index (κ1) is 25.0. The molecule has 1 aliphatic carbocycles. The highest BCUT2D eigenvalue weighted by Crippen LogP contribution is 2.46. The molecule has 2 aliphatic rings. The molecule has 1 spiro atoms. The van der Waals surface area contributed by atoms with Gasteiger partial charge in [-0.25, -0.2) is 14.2 Å². The van der Waals surface area contributed by atoms with Crippen LogP contribution in [0.2, 0.25) is 0 Å². The smallest absolute Gasteiger partial charge is 0.410 e. The molecule has 6 rings (SSSR count). The lowest BCUT2D eigenvalue weighted by molar-refractivity contribution is 0.0106. The number of anilines is 2. The lowest BCUT2D eigenvalue weighted by Gasteiger charge is -2.43. The Morgan fingerprint density at radius 3 is 2.54 bits per heavy atom. The molecule has 4 heterocycles. The SMILES string of the molecule is Cc1cn2cc(NC(=O)c3ccc(N4CCN(C(=O)OC(C)(C)C)C5(CC5)C4)c4nccnc34)cc(F)c2n1. The average molecular weight is 532 g/mol. The van der Waals surface area contributed by atoms with Crippen molar-refractivity contribution in [2.75, 3.05) is 29.9 Å². The maximum Gasteiger partial charge on any atom is 0.410 e. The van der Waals surface area contributed by atoms with Gasteiger partial charge in [-0.2, -0.15) is 0 Å². The van der Waals surface area contributed by atoms with Crippen LogP contribution in [-0.4, -0.2) is 67.0 Å². The molecule has 0 unspecified atom stereocenters. The maximum absolute atomic E-state index is 14.6. The van der Waals surface area contributed by atoms with Gasteiger partial charge < -0.3 is 19.4 Å². The zero-order chi connectivity index (χ0) is 27.5. The van der Waals surface area contributed by atoms with Crippen LogP contribution in [0.4, 0.5) is 20.6 Å². The third kappa shape index (κ3) is 4.62. The van der Waals surface area contributed by atoms with Gasteiger partial charge in [0.25, 0.3) is 5.91 Å². The topological polar surface area (TPSA) is 105 Å². The van der Waals surface area contributed by atoms with E-state index in [1.165, 1.54) is 6.07 Å². The van der Waals surface area contributed by atoms with Gasteiger partial charge in [0.05, 0.1) is 28.2 Å². The molecule has 0 atom stereocenters. The Morgan fingerprint density at radius 1 is 1.08 bits per heavy atom. The summed E-state index contributed by atoms with van der Waals surface area (Å²) in [5, 5.41) is 2.78. The molecule has 0 radical (unpaired) electrons. The summed E-state index contributed by atoms with van der Waals surface area (Å²) in [4.78, 5) is 43.5. The van der Waals surface area contributed by atoms with E-state index in [-0.39, 0.29) is 17.3 Å². The van der Waals surface area contributed by atoms with Crippen molar-refractivity contribution in [1.29, 1.82) is 0 Å². The second-order valence-electron chi connectivity index (χ2n) is 11.3. The van der Waals surface area contributed by atoms with E-state index in [4.69, 9.17) is 4.74 Å². The van der Waals surface area contributed by atoms with E-state index in [1.807, 2.05) is 31.7 Å². The van der Waals surface area contributed by atoms with Crippen LogP contribution in [0.25, 0.3) is 16.7 Å². The molecule has 39 heavy (non-hydrogen) atoms. The van der Waals surface area contributed by atoms with E-state index >= 15 is 0 Å². The Hall–Kier alpha value is -4.28. The number of carbonyl (C=O) groups excluding carboxylic acids is 2. The zero-order valence-electron chi connectivity index (χ0n) is 22.4. The number of nitrogens with zero attached hydrogens (tertiary/aromatic N) is 6. The molecule has 11 heteroatoms. The summed E-state index contributed by atoms with van der Waals surface area (Å²) in [7, 11) is 0. The van der Waals surface area contributed by atoms with Gasteiger partial charge in [-0.15, -0.1) is 0 Å². The lowest BCUT2D eigenvalue weighted by Crippen LogP contribution is -2.58. The van der Waals surface area contributed by atoms with Gasteiger partial charge in [-0.3, -0.25) is 19.7 Å². The van der Waals surface area contributed by atoms with Crippen LogP contribution in [0, 0.1) is 12.7 Å². The number of amides is 2. The Bertz CT molecular complexity index is 1620. The number of imidazole rings is 1. The molecule has 10 nitrogen and oxygen atoms in total. The van der Waals surface area contributed by atoms with Crippen molar-refractivity contribution in [3.63, 3.8) is 0 Å². The number of ether oxygens (including phenoxy) is 1. The van der Waals surface area contributed by atoms with Gasteiger partial charge in [-0.1, -0.05) is 0 Å². The summed E-state index contributed by atoms with van der Waals surface area (Å²) < 4.78 is 21.8. The van der Waals surface area contributed by atoms with E-state index in [0.29, 0.717) is 47.6 Å². The number of pyridine rings is 1. The van der Waals surface area contributed by atoms with Gasteiger partial charge in [0, 0.05) is 50.5 Å². The summed E-state index contributed by atoms with van der Waals surface area (Å²) in [5.41, 5.74) is 2.59. The Kier molecular flexibility index (Phi) is 5.70. The van der Waals surface area contributed by atoms with E-state index in [0.717, 1.165) is 18.5 Å². The molecule has 2 fully saturated rings. The van der Waals surface area contributed by atoms with Crippen LogP contribution >= 0.6 is 0 Å². The summed E-state index contributed by atoms with van der Waals surface area (Å²) in [6.07, 6.45) is 8.00. The molecule has 1 saturated heterocycles. The monoisotopic (exact) mass is 531 g/mol. The van der Waals surface area contributed by atoms with Crippen molar-refractivity contribution >= 4 is 40.1 Å². The van der Waals surface area contributed by atoms with Gasteiger partial charge in [0.15, 0.2) is 11.5 Å². The highest BCUT2D eigenvalue weighted by molar-refractivity contribution is 6.13. The molecule has 202 valence electrons. The normalized spacial score (nSPS) is 16.6. The highest BCUT2D eigenvalue weighted by atomic mass is 19.1. The van der Waals surface area contributed by atoms with Crippen LogP contribution in [0.1, 0.15) is 49.7 Å². The lowest BCUT2D eigenvalue weighted by atomic mass is 10.1. The van der Waals surface area contributed by atoms with E-state index < -0.39 is 17.3 Å². The van der Waals surface area contributed by atoms with Crippen molar-refractivity contribution in [2.24, 2.45) is 0 Å². The number of halogens is 1. The van der Waals surface area contributed by atoms with Crippen molar-refractivity contribution < 1.29 is 18.7 Å². The standard InChI is InChI=1S/C28H30FN7O3/c1-17-14-35-15-18(13-20(29)24(35)32-17)33-25(37)19-5-6-21(23-22(19)30-9-10-31-23)34-11-12-36(28(16-34)7-8-28)26(38)39-27(2,3)4/h5-6,9-10,13-15H,7-8,11-12,16H2,1-4H3,(H,33,37). The molecule has 2 amide bonds. The minimum atomic E-state index is -0.554. The number of piperazine rings is 1. The zero-order valence-corrected chi connectivity index (χ0v) is 22.4. The number of aryl methyl sites for hydroxylation is 1. The van der Waals surface area contributed by atoms with Crippen LogP contribution in [-0.2, 0) is 4.74 Å². The Balaban J connectivity index is 1.27. The van der Waals surface area contributed by atoms with Gasteiger partial charge >= 0.3 is 6.09 Å². The molecule has 3 aromatic heterocycles. The van der Waals surface area contributed by atoms with Crippen LogP contribution in [0.3, 0.4) is 0 Å². The molecule has 1 aromatic carbocycles. The number of aromatic nitrogens is 4. The van der Waals surface area contributed by atoms with Crippen molar-refractivity contribution in [1.82, 2.24) is 24.3 Å². The van der Waals surface area contributed by atoms with Crippen molar-refractivity contribution in [3.8, 4) is 0 Å². The average Bonchev–Trinajstić information content (AvgIpc) is 3.51. The first-order chi connectivity index (χ1) is 18.5. The van der Waals surface area contributed by atoms with Gasteiger partial charge in [0.1, 0.15) is 16.6 Å². The third-order valence-corrected chi connectivity index (χ3v) is 7.17. The molecule has 0 bridgehead atoms. The fraction of sp³-hybridized carbons (Fsp3) is 0.393. The predicted octanol–water partition coefficient (Wildman–Crippen LogP) is 4.57. The molecule has 1 saturated carbocycles. The van der Waals surface area contributed by atoms with Crippen molar-refractivity contribution in [2.45, 2.75) is 51.7 Å². The summed E-state index contributed by atoms with van der Waals surface area (Å²) in [6, 6.07) is 4.84. The third-order valence-electron chi connectivity index (χ3n) is 7.17. The highest BCUT2D eigenvalue weighted by Gasteiger charge is 2.54. The van der Waals surface area contributed by atoms with E-state index in [1.54, 1.807) is 42.2 Å². The van der Waals surface area contributed by atoms with Gasteiger partial charge in [-0.05, 0) is 52.7 Å². The number of rotatable bonds is 3. The summed E-state index contributed by atoms with van der Waals surface area (Å²) in [5.74, 6) is -0.948. The van der Waals surface area contributed by atoms with Gasteiger partial charge in [0.2, 0.25) is 0 Å². The molecule has 1 N–H and O–H groups in total. The fourth-order valence-electron chi connectivity index (χ4n) is 5.28. The number of carbonyl (C=O) groups is 2. The van der Waals surface area contributed by atoms with E-state index in [2.05, 4.69) is 25.2 Å². The predicted molar refractivity (Wildman–Crippen MR) is 144 cm³/mol. The largest absolute Gasteiger partial charge is 0.444 e. The number of benzene rings is 1. The quantitative estimate of drug-likeness (QED) is 0.413. The first-order valence-corrected chi connectivity index (χ1v) is 13.0. The molecule has 4 aromatic rings. The molecular weight excluding hydrogens is 501 g/mol. The second-order valence-corrected chi connectivity index (χ2v) is 11.3. The number of hydrogen-bond donors (Lipinski definition) is 1. The Morgan fingerprint density at radius 2 is 1.82 bits per heavy atom. The van der Waals surface area contributed by atoms with Crippen LogP contribution in [0.15, 0.2) is 43.0 Å². The van der Waals surface area contributed by atoms with Crippen LogP contribution in [0.5, 0.6) is 0 Å². The minimum absolute atomic E-state index is 0.200.